The van der Waals surface area contributed by atoms with Crippen LogP contribution in [-0.2, 0) is 0 Å². The Morgan fingerprint density at radius 3 is 2.45 bits per heavy atom. The summed E-state index contributed by atoms with van der Waals surface area (Å²) in [6.45, 7) is 0. The molecule has 1 heterocycles. The Balaban J connectivity index is 1.63. The third-order valence-electron chi connectivity index (χ3n) is 5.40. The maximum atomic E-state index is 12.7. The van der Waals surface area contributed by atoms with Crippen molar-refractivity contribution in [3.8, 4) is 11.5 Å². The van der Waals surface area contributed by atoms with Crippen molar-refractivity contribution < 1.29 is 18.7 Å². The van der Waals surface area contributed by atoms with Gasteiger partial charge in [0.1, 0.15) is 5.58 Å². The van der Waals surface area contributed by atoms with Gasteiger partial charge in [0.2, 0.25) is 0 Å². The molecule has 1 aromatic heterocycles. The fraction of sp³-hybridized carbons (Fsp3) is 0.304. The average molecular weight is 423 g/mol. The van der Waals surface area contributed by atoms with Crippen LogP contribution in [-0.4, -0.2) is 26.3 Å². The van der Waals surface area contributed by atoms with E-state index in [0.29, 0.717) is 28.5 Å². The number of para-hydroxylation sites is 1. The van der Waals surface area contributed by atoms with Gasteiger partial charge in [-0.2, -0.15) is 0 Å². The molecular weight excluding hydrogens is 398 g/mol. The maximum Gasteiger partial charge on any atom is 0.362 e. The zero-order chi connectivity index (χ0) is 21.8. The molecule has 0 aliphatic heterocycles. The lowest BCUT2D eigenvalue weighted by molar-refractivity contribution is 0.262. The van der Waals surface area contributed by atoms with Crippen LogP contribution in [0, 0.1) is 0 Å². The molecule has 8 nitrogen and oxygen atoms in total. The molecule has 1 saturated carbocycles. The van der Waals surface area contributed by atoms with Crippen molar-refractivity contribution in [3.05, 3.63) is 52.9 Å². The molecule has 0 radical (unpaired) electrons. The minimum atomic E-state index is -0.610. The quantitative estimate of drug-likeness (QED) is 0.492. The first-order valence-corrected chi connectivity index (χ1v) is 10.2. The Bertz CT molecular complexity index is 1150. The minimum Gasteiger partial charge on any atom is -0.493 e. The van der Waals surface area contributed by atoms with Gasteiger partial charge in [0, 0.05) is 23.2 Å². The number of hydrogen-bond acceptors (Lipinski definition) is 6. The van der Waals surface area contributed by atoms with Crippen molar-refractivity contribution in [3.63, 3.8) is 0 Å². The van der Waals surface area contributed by atoms with Crippen LogP contribution in [0.5, 0.6) is 11.5 Å². The van der Waals surface area contributed by atoms with E-state index in [4.69, 9.17) is 13.9 Å². The number of rotatable bonds is 6. The Labute approximate surface area is 179 Å². The predicted molar refractivity (Wildman–Crippen MR) is 121 cm³/mol. The van der Waals surface area contributed by atoms with Crippen molar-refractivity contribution in [1.82, 2.24) is 0 Å². The van der Waals surface area contributed by atoms with E-state index in [2.05, 4.69) is 16.0 Å². The van der Waals surface area contributed by atoms with E-state index in [1.54, 1.807) is 24.3 Å². The lowest BCUT2D eigenvalue weighted by Gasteiger charge is -2.19. The SMILES string of the molecule is COc1ccc(NC(=O)Nc2c(NC3CCCC3)c3ccccc3oc2=O)cc1OC. The van der Waals surface area contributed by atoms with Crippen LogP contribution in [0.4, 0.5) is 21.9 Å². The highest BCUT2D eigenvalue weighted by Crippen LogP contribution is 2.33. The van der Waals surface area contributed by atoms with Gasteiger partial charge >= 0.3 is 11.7 Å². The van der Waals surface area contributed by atoms with Gasteiger partial charge in [-0.1, -0.05) is 25.0 Å². The van der Waals surface area contributed by atoms with Crippen molar-refractivity contribution in [2.24, 2.45) is 0 Å². The Hall–Kier alpha value is -3.68. The zero-order valence-electron chi connectivity index (χ0n) is 17.5. The number of methoxy groups -OCH3 is 2. The Morgan fingerprint density at radius 2 is 1.71 bits per heavy atom. The van der Waals surface area contributed by atoms with Crippen LogP contribution < -0.4 is 31.0 Å². The van der Waals surface area contributed by atoms with Crippen molar-refractivity contribution in [2.45, 2.75) is 31.7 Å². The summed E-state index contributed by atoms with van der Waals surface area (Å²) >= 11 is 0. The fourth-order valence-corrected chi connectivity index (χ4v) is 3.88. The highest BCUT2D eigenvalue weighted by atomic mass is 16.5. The molecule has 3 N–H and O–H groups in total. The first-order valence-electron chi connectivity index (χ1n) is 10.2. The van der Waals surface area contributed by atoms with Crippen LogP contribution in [0.15, 0.2) is 51.7 Å². The van der Waals surface area contributed by atoms with E-state index in [-0.39, 0.29) is 11.7 Å². The normalized spacial score (nSPS) is 13.7. The summed E-state index contributed by atoms with van der Waals surface area (Å²) in [6.07, 6.45) is 4.32. The smallest absolute Gasteiger partial charge is 0.362 e. The average Bonchev–Trinajstić information content (AvgIpc) is 3.29. The predicted octanol–water partition coefficient (Wildman–Crippen LogP) is 4.81. The minimum absolute atomic E-state index is 0.0866. The lowest BCUT2D eigenvalue weighted by Crippen LogP contribution is -2.26. The van der Waals surface area contributed by atoms with Crippen molar-refractivity contribution in [1.29, 1.82) is 0 Å². The number of carbonyl (C=O) groups excluding carboxylic acids is 1. The van der Waals surface area contributed by atoms with E-state index < -0.39 is 11.7 Å². The van der Waals surface area contributed by atoms with Crippen LogP contribution in [0.25, 0.3) is 11.0 Å². The van der Waals surface area contributed by atoms with Crippen molar-refractivity contribution >= 4 is 34.1 Å². The fourth-order valence-electron chi connectivity index (χ4n) is 3.88. The molecule has 1 aliphatic rings. The summed E-state index contributed by atoms with van der Waals surface area (Å²) in [4.78, 5) is 25.4. The van der Waals surface area contributed by atoms with Crippen LogP contribution in [0.3, 0.4) is 0 Å². The summed E-state index contributed by atoms with van der Waals surface area (Å²) in [5.74, 6) is 1.03. The first kappa shape index (κ1) is 20.6. The number of anilines is 3. The molecule has 0 saturated heterocycles. The second-order valence-corrected chi connectivity index (χ2v) is 7.41. The Kier molecular flexibility index (Phi) is 5.97. The summed E-state index contributed by atoms with van der Waals surface area (Å²) < 4.78 is 15.9. The molecule has 162 valence electrons. The topological polar surface area (TPSA) is 102 Å². The molecule has 8 heteroatoms. The van der Waals surface area contributed by atoms with Gasteiger partial charge in [-0.05, 0) is 37.1 Å². The van der Waals surface area contributed by atoms with Gasteiger partial charge in [0.15, 0.2) is 17.2 Å². The number of ether oxygens (including phenoxy) is 2. The second-order valence-electron chi connectivity index (χ2n) is 7.41. The van der Waals surface area contributed by atoms with Crippen LogP contribution in [0.1, 0.15) is 25.7 Å². The highest BCUT2D eigenvalue weighted by molar-refractivity contribution is 6.05. The van der Waals surface area contributed by atoms with Gasteiger partial charge in [-0.15, -0.1) is 0 Å². The van der Waals surface area contributed by atoms with Gasteiger partial charge < -0.3 is 24.5 Å². The van der Waals surface area contributed by atoms with E-state index in [9.17, 15) is 9.59 Å². The number of hydrogen-bond donors (Lipinski definition) is 3. The molecule has 0 bridgehead atoms. The molecule has 2 aromatic carbocycles. The maximum absolute atomic E-state index is 12.7. The highest BCUT2D eigenvalue weighted by Gasteiger charge is 2.22. The van der Waals surface area contributed by atoms with Gasteiger partial charge in [0.25, 0.3) is 0 Å². The third kappa shape index (κ3) is 4.42. The van der Waals surface area contributed by atoms with Gasteiger partial charge in [-0.3, -0.25) is 5.32 Å². The summed E-state index contributed by atoms with van der Waals surface area (Å²) in [7, 11) is 3.05. The monoisotopic (exact) mass is 423 g/mol. The Morgan fingerprint density at radius 1 is 0.968 bits per heavy atom. The van der Waals surface area contributed by atoms with Crippen molar-refractivity contribution in [2.75, 3.05) is 30.2 Å². The number of benzene rings is 2. The summed E-state index contributed by atoms with van der Waals surface area (Å²) in [5, 5.41) is 9.59. The van der Waals surface area contributed by atoms with Gasteiger partial charge in [0.05, 0.1) is 19.9 Å². The van der Waals surface area contributed by atoms with E-state index in [0.717, 1.165) is 31.1 Å². The molecule has 2 amide bonds. The zero-order valence-corrected chi connectivity index (χ0v) is 17.5. The number of carbonyl (C=O) groups is 1. The van der Waals surface area contributed by atoms with Crippen LogP contribution >= 0.6 is 0 Å². The lowest BCUT2D eigenvalue weighted by atomic mass is 10.1. The largest absolute Gasteiger partial charge is 0.493 e. The third-order valence-corrected chi connectivity index (χ3v) is 5.40. The number of urea groups is 1. The molecule has 0 unspecified atom stereocenters. The standard InChI is InChI=1S/C23H25N3O5/c1-29-18-12-11-15(13-19(18)30-2)25-23(28)26-21-20(24-14-7-3-4-8-14)16-9-5-6-10-17(16)31-22(21)27/h5-6,9-14,24H,3-4,7-8H2,1-2H3,(H2,25,26,28). The molecule has 4 rings (SSSR count). The molecule has 31 heavy (non-hydrogen) atoms. The molecule has 3 aromatic rings. The second kappa shape index (κ2) is 8.99. The summed E-state index contributed by atoms with van der Waals surface area (Å²) in [6, 6.07) is 12.0. The molecular formula is C23H25N3O5. The molecule has 1 fully saturated rings. The van der Waals surface area contributed by atoms with E-state index in [1.807, 2.05) is 18.2 Å². The van der Waals surface area contributed by atoms with Crippen LogP contribution in [0.2, 0.25) is 0 Å². The van der Waals surface area contributed by atoms with E-state index in [1.165, 1.54) is 14.2 Å². The number of nitrogens with one attached hydrogen (secondary N) is 3. The first-order chi connectivity index (χ1) is 15.1. The van der Waals surface area contributed by atoms with E-state index >= 15 is 0 Å². The molecule has 0 spiro atoms. The van der Waals surface area contributed by atoms with Gasteiger partial charge in [-0.25, -0.2) is 9.59 Å². The molecule has 1 aliphatic carbocycles. The summed E-state index contributed by atoms with van der Waals surface area (Å²) in [5.41, 5.74) is 1.02. The number of amides is 2. The molecule has 0 atom stereocenters. The number of fused-ring (bicyclic) bond motifs is 1.